The number of allylic oxidation sites excluding steroid dienone is 1. The molecule has 2 aromatic rings. The van der Waals surface area contributed by atoms with Crippen LogP contribution in [0.2, 0.25) is 0 Å². The van der Waals surface area contributed by atoms with E-state index in [9.17, 15) is 44.1 Å². The van der Waals surface area contributed by atoms with Crippen molar-refractivity contribution >= 4 is 69.7 Å². The Kier molecular flexibility index (Phi) is 9.86. The number of nitrogens with zero attached hydrogens (tertiary/aromatic N) is 4. The summed E-state index contributed by atoms with van der Waals surface area (Å²) in [4.78, 5) is 83.3. The lowest BCUT2D eigenvalue weighted by Crippen LogP contribution is -2.71. The number of β-lactam (4-membered cyclic amide) rings is 1. The van der Waals surface area contributed by atoms with Crippen LogP contribution in [0.15, 0.2) is 44.9 Å². The number of thiazole rings is 1. The highest BCUT2D eigenvalue weighted by Crippen LogP contribution is 2.41. The molecule has 244 valence electrons. The SMILES string of the molecule is CC(C)(ON=C(C(=O)N[C@@H]1C(=O)N2C(C(=O)O)=C(C=Cc3cc(=O)c(O)cn3CCCC(=O)O)CS[C@H]12)c1csc(N)n1)C(=O)O. The van der Waals surface area contributed by atoms with Gasteiger partial charge in [-0.25, -0.2) is 14.6 Å². The molecule has 4 rings (SSSR count). The van der Waals surface area contributed by atoms with Crippen molar-refractivity contribution in [2.24, 2.45) is 5.16 Å². The van der Waals surface area contributed by atoms with Crippen molar-refractivity contribution in [3.8, 4) is 5.75 Å². The van der Waals surface area contributed by atoms with Gasteiger partial charge in [-0.15, -0.1) is 23.1 Å². The number of aliphatic carboxylic acids is 3. The van der Waals surface area contributed by atoms with Crippen molar-refractivity contribution in [1.82, 2.24) is 19.8 Å². The van der Waals surface area contributed by atoms with E-state index in [-0.39, 0.29) is 52.9 Å². The predicted molar refractivity (Wildman–Crippen MR) is 164 cm³/mol. The van der Waals surface area contributed by atoms with Crippen LogP contribution in [0, 0.1) is 0 Å². The van der Waals surface area contributed by atoms with Gasteiger partial charge in [-0.3, -0.25) is 24.1 Å². The monoisotopic (exact) mass is 676 g/mol. The summed E-state index contributed by atoms with van der Waals surface area (Å²) in [5.74, 6) is -5.94. The molecule has 0 unspecified atom stereocenters. The molecule has 0 bridgehead atoms. The fraction of sp³-hybridized carbons (Fsp3) is 0.333. The normalized spacial score (nSPS) is 18.3. The number of carbonyl (C=O) groups is 5. The second-order valence-corrected chi connectivity index (χ2v) is 12.4. The highest BCUT2D eigenvalue weighted by atomic mass is 32.2. The Hall–Kier alpha value is -5.17. The van der Waals surface area contributed by atoms with Gasteiger partial charge in [-0.2, -0.15) is 0 Å². The third kappa shape index (κ3) is 7.20. The number of nitrogen functional groups attached to an aromatic ring is 1. The first-order valence-electron chi connectivity index (χ1n) is 13.4. The summed E-state index contributed by atoms with van der Waals surface area (Å²) in [7, 11) is 0. The quantitative estimate of drug-likeness (QED) is 0.0958. The molecule has 7 N–H and O–H groups in total. The van der Waals surface area contributed by atoms with Crippen LogP contribution in [0.3, 0.4) is 0 Å². The van der Waals surface area contributed by atoms with Gasteiger partial charge in [0.05, 0.1) is 6.20 Å². The lowest BCUT2D eigenvalue weighted by atomic mass is 10.0. The predicted octanol–water partition coefficient (Wildman–Crippen LogP) is 0.493. The maximum Gasteiger partial charge on any atom is 0.352 e. The number of thioether (sulfide) groups is 1. The van der Waals surface area contributed by atoms with E-state index in [1.807, 2.05) is 0 Å². The number of carboxylic acid groups (broad SMARTS) is 3. The van der Waals surface area contributed by atoms with E-state index in [0.717, 1.165) is 40.3 Å². The van der Waals surface area contributed by atoms with Crippen LogP contribution < -0.4 is 16.5 Å². The van der Waals surface area contributed by atoms with Crippen LogP contribution in [0.1, 0.15) is 38.1 Å². The zero-order valence-electron chi connectivity index (χ0n) is 24.2. The van der Waals surface area contributed by atoms with Crippen molar-refractivity contribution in [3.05, 3.63) is 56.6 Å². The number of nitrogens with one attached hydrogen (secondary N) is 1. The summed E-state index contributed by atoms with van der Waals surface area (Å²) >= 11 is 2.14. The molecule has 1 saturated heterocycles. The van der Waals surface area contributed by atoms with Gasteiger partial charge in [0.2, 0.25) is 11.0 Å². The Morgan fingerprint density at radius 1 is 1.22 bits per heavy atom. The number of anilines is 1. The molecule has 2 aliphatic rings. The van der Waals surface area contributed by atoms with Crippen molar-refractivity contribution in [1.29, 1.82) is 0 Å². The number of aryl methyl sites for hydroxylation is 1. The van der Waals surface area contributed by atoms with E-state index in [0.29, 0.717) is 0 Å². The maximum absolute atomic E-state index is 13.3. The summed E-state index contributed by atoms with van der Waals surface area (Å²) in [5, 5.41) is 45.0. The van der Waals surface area contributed by atoms with E-state index < -0.39 is 63.6 Å². The number of aromatic nitrogens is 2. The van der Waals surface area contributed by atoms with Gasteiger partial charge in [0.1, 0.15) is 22.8 Å². The maximum atomic E-state index is 13.3. The van der Waals surface area contributed by atoms with Crippen molar-refractivity contribution in [3.63, 3.8) is 0 Å². The molecular weight excluding hydrogens is 648 g/mol. The topological polar surface area (TPSA) is 264 Å². The summed E-state index contributed by atoms with van der Waals surface area (Å²) in [5.41, 5.74) is 2.82. The van der Waals surface area contributed by atoms with E-state index in [1.54, 1.807) is 0 Å². The molecule has 0 radical (unpaired) electrons. The van der Waals surface area contributed by atoms with Crippen LogP contribution in [0.25, 0.3) is 6.08 Å². The molecule has 46 heavy (non-hydrogen) atoms. The van der Waals surface area contributed by atoms with Gasteiger partial charge >= 0.3 is 17.9 Å². The van der Waals surface area contributed by atoms with E-state index in [4.69, 9.17) is 15.7 Å². The Labute approximate surface area is 267 Å². The third-order valence-electron chi connectivity index (χ3n) is 6.73. The molecule has 4 heterocycles. The second-order valence-electron chi connectivity index (χ2n) is 10.4. The van der Waals surface area contributed by atoms with Crippen LogP contribution in [-0.2, 0) is 35.4 Å². The largest absolute Gasteiger partial charge is 0.503 e. The lowest BCUT2D eigenvalue weighted by molar-refractivity contribution is -0.161. The Balaban J connectivity index is 1.57. The number of oxime groups is 1. The first-order valence-corrected chi connectivity index (χ1v) is 15.3. The molecule has 0 aromatic carbocycles. The Bertz CT molecular complexity index is 1760. The van der Waals surface area contributed by atoms with Gasteiger partial charge in [-0.05, 0) is 31.9 Å². The highest BCUT2D eigenvalue weighted by molar-refractivity contribution is 8.00. The molecule has 0 spiro atoms. The third-order valence-corrected chi connectivity index (χ3v) is 8.71. The Morgan fingerprint density at radius 3 is 2.54 bits per heavy atom. The van der Waals surface area contributed by atoms with Crippen LogP contribution in [-0.4, -0.2) is 93.1 Å². The molecule has 19 heteroatoms. The zero-order chi connectivity index (χ0) is 33.9. The summed E-state index contributed by atoms with van der Waals surface area (Å²) in [6.07, 6.45) is 4.02. The average Bonchev–Trinajstić information content (AvgIpc) is 3.41. The molecule has 0 aliphatic carbocycles. The molecule has 17 nitrogen and oxygen atoms in total. The number of carboxylic acids is 3. The smallest absolute Gasteiger partial charge is 0.352 e. The molecule has 2 aliphatic heterocycles. The number of hydrogen-bond donors (Lipinski definition) is 6. The molecule has 2 aromatic heterocycles. The number of pyridine rings is 1. The van der Waals surface area contributed by atoms with Crippen molar-refractivity contribution in [2.45, 2.75) is 50.3 Å². The fourth-order valence-corrected chi connectivity index (χ4v) is 6.15. The standard InChI is InChI=1S/C27H28N6O11S2/c1-27(2,25(42)43)44-31-18(14-11-46-26(28)29-14)21(38)30-19-22(39)33-20(24(40)41)12(10-45-23(19)33)5-6-13-8-15(34)16(35)9-32(13)7-3-4-17(36)37/h5-6,8-9,11,19,23,35H,3-4,7,10H2,1-2H3,(H2,28,29)(H,30,38)(H,36,37)(H,40,41)(H,42,43)/t19-,23-/m1/s1. The van der Waals surface area contributed by atoms with Gasteiger partial charge in [0.15, 0.2) is 16.6 Å². The minimum absolute atomic E-state index is 0.0321. The first kappa shape index (κ1) is 33.7. The molecule has 0 saturated carbocycles. The second kappa shape index (κ2) is 13.4. The molecular formula is C27H28N6O11S2. The number of nitrogens with two attached hydrogens (primary N) is 1. The van der Waals surface area contributed by atoms with Gasteiger partial charge in [-0.1, -0.05) is 11.2 Å². The minimum atomic E-state index is -1.81. The van der Waals surface area contributed by atoms with Crippen LogP contribution in [0.4, 0.5) is 5.13 Å². The molecule has 1 fully saturated rings. The van der Waals surface area contributed by atoms with Crippen molar-refractivity contribution in [2.75, 3.05) is 11.5 Å². The van der Waals surface area contributed by atoms with Gasteiger partial charge < -0.3 is 40.9 Å². The summed E-state index contributed by atoms with van der Waals surface area (Å²) < 4.78 is 1.45. The van der Waals surface area contributed by atoms with E-state index in [2.05, 4.69) is 15.5 Å². The highest BCUT2D eigenvalue weighted by Gasteiger charge is 2.54. The average molecular weight is 677 g/mol. The van der Waals surface area contributed by atoms with E-state index in [1.165, 1.54) is 35.9 Å². The first-order chi connectivity index (χ1) is 21.6. The van der Waals surface area contributed by atoms with Gasteiger partial charge in [0.25, 0.3) is 11.8 Å². The Morgan fingerprint density at radius 2 is 1.93 bits per heavy atom. The number of rotatable bonds is 13. The van der Waals surface area contributed by atoms with Crippen LogP contribution in [0.5, 0.6) is 5.75 Å². The van der Waals surface area contributed by atoms with E-state index >= 15 is 0 Å². The zero-order valence-corrected chi connectivity index (χ0v) is 25.8. The number of hydrogen-bond acceptors (Lipinski definition) is 13. The number of fused-ring (bicyclic) bond motifs is 1. The van der Waals surface area contributed by atoms with Crippen molar-refractivity contribution < 1.29 is 49.2 Å². The van der Waals surface area contributed by atoms with Gasteiger partial charge in [0, 0.05) is 35.9 Å². The molecule has 2 atom stereocenters. The minimum Gasteiger partial charge on any atom is -0.503 e. The number of aromatic hydroxyl groups is 1. The fourth-order valence-electron chi connectivity index (χ4n) is 4.28. The van der Waals surface area contributed by atoms with Crippen LogP contribution >= 0.6 is 23.1 Å². The summed E-state index contributed by atoms with van der Waals surface area (Å²) in [6.45, 7) is 2.56. The number of amides is 2. The lowest BCUT2D eigenvalue weighted by Gasteiger charge is -2.49. The number of carbonyl (C=O) groups excluding carboxylic acids is 2. The molecule has 2 amide bonds. The summed E-state index contributed by atoms with van der Waals surface area (Å²) in [6, 6.07) is -0.0640.